The van der Waals surface area contributed by atoms with Crippen LogP contribution in [0.25, 0.3) is 5.69 Å². The van der Waals surface area contributed by atoms with Crippen LogP contribution >= 0.6 is 0 Å². The van der Waals surface area contributed by atoms with Crippen LogP contribution in [0, 0.1) is 5.82 Å². The van der Waals surface area contributed by atoms with Crippen molar-refractivity contribution in [2.45, 2.75) is 19.8 Å². The Bertz CT molecular complexity index is 970. The molecule has 2 aromatic carbocycles. The molecule has 33 heavy (non-hydrogen) atoms. The average molecular weight is 455 g/mol. The van der Waals surface area contributed by atoms with E-state index in [0.29, 0.717) is 17.1 Å². The molecule has 4 rings (SSSR count). The Hall–Kier alpha value is -3.85. The van der Waals surface area contributed by atoms with E-state index in [1.54, 1.807) is 29.2 Å². The van der Waals surface area contributed by atoms with Gasteiger partial charge >= 0.3 is 0 Å². The number of hydrogen-bond acceptors (Lipinski definition) is 7. The molecule has 9 heteroatoms. The molecule has 0 unspecified atom stereocenters. The molecule has 1 aliphatic heterocycles. The second kappa shape index (κ2) is 15.9. The first kappa shape index (κ1) is 27.2. The van der Waals surface area contributed by atoms with Gasteiger partial charge in [0.2, 0.25) is 0 Å². The van der Waals surface area contributed by atoms with Crippen molar-refractivity contribution in [1.82, 2.24) is 15.1 Å². The van der Waals surface area contributed by atoms with Gasteiger partial charge in [-0.25, -0.2) is 9.07 Å². The average Bonchev–Trinajstić information content (AvgIpc) is 3.55. The van der Waals surface area contributed by atoms with Crippen molar-refractivity contribution in [1.29, 1.82) is 0 Å². The van der Waals surface area contributed by atoms with Gasteiger partial charge in [-0.3, -0.25) is 4.99 Å². The summed E-state index contributed by atoms with van der Waals surface area (Å²) >= 11 is 0. The van der Waals surface area contributed by atoms with Crippen LogP contribution < -0.4 is 28.3 Å². The van der Waals surface area contributed by atoms with E-state index in [1.807, 2.05) is 37.5 Å². The van der Waals surface area contributed by atoms with E-state index in [-0.39, 0.29) is 11.5 Å². The number of anilines is 4. The highest BCUT2D eigenvalue weighted by Crippen LogP contribution is 2.18. The summed E-state index contributed by atoms with van der Waals surface area (Å²) in [4.78, 5) is 3.85. The summed E-state index contributed by atoms with van der Waals surface area (Å²) in [7, 11) is 1.98. The molecule has 0 radical (unpaired) electrons. The van der Waals surface area contributed by atoms with Gasteiger partial charge in [-0.05, 0) is 68.6 Å². The lowest BCUT2D eigenvalue weighted by molar-refractivity contribution is 0.629. The van der Waals surface area contributed by atoms with Crippen LogP contribution in [0.1, 0.15) is 19.8 Å². The molecule has 3 aromatic rings. The third kappa shape index (κ3) is 11.4. The van der Waals surface area contributed by atoms with Crippen molar-refractivity contribution in [3.63, 3.8) is 0 Å². The van der Waals surface area contributed by atoms with E-state index >= 15 is 0 Å². The number of aliphatic imine (C=N–C) groups is 1. The van der Waals surface area contributed by atoms with E-state index in [1.165, 1.54) is 31.0 Å². The quantitative estimate of drug-likeness (QED) is 0.300. The molecule has 0 fully saturated rings. The molecule has 0 bridgehead atoms. The third-order valence-electron chi connectivity index (χ3n) is 4.21. The third-order valence-corrected chi connectivity index (χ3v) is 4.21. The van der Waals surface area contributed by atoms with Gasteiger partial charge < -0.3 is 28.3 Å². The van der Waals surface area contributed by atoms with Crippen LogP contribution in [0.15, 0.2) is 72.0 Å². The van der Waals surface area contributed by atoms with Gasteiger partial charge in [-0.15, -0.1) is 0 Å². The van der Waals surface area contributed by atoms with Crippen LogP contribution in [0.2, 0.25) is 0 Å². The maximum absolute atomic E-state index is 12.2. The second-order valence-electron chi connectivity index (χ2n) is 6.94. The minimum Gasteiger partial charge on any atom is -0.397 e. The molecule has 0 saturated heterocycles. The van der Waals surface area contributed by atoms with E-state index < -0.39 is 0 Å². The van der Waals surface area contributed by atoms with Gasteiger partial charge in [-0.2, -0.15) is 5.10 Å². The Kier molecular flexibility index (Phi) is 13.1. The van der Waals surface area contributed by atoms with Gasteiger partial charge in [0.05, 0.1) is 35.0 Å². The smallest absolute Gasteiger partial charge is 0.125 e. The fourth-order valence-electron chi connectivity index (χ4n) is 2.33. The van der Waals surface area contributed by atoms with Crippen LogP contribution in [-0.4, -0.2) is 36.1 Å². The number of nitrogens with one attached hydrogen (secondary N) is 1. The minimum absolute atomic E-state index is 0.287. The molecule has 9 N–H and O–H groups in total. The summed E-state index contributed by atoms with van der Waals surface area (Å²) in [5.41, 5.74) is 24.6. The molecule has 0 amide bonds. The second-order valence-corrected chi connectivity index (χ2v) is 6.94. The normalized spacial score (nSPS) is 10.9. The number of hydrogen-bond donors (Lipinski definition) is 5. The van der Waals surface area contributed by atoms with Crippen molar-refractivity contribution in [2.75, 3.05) is 43.1 Å². The summed E-state index contributed by atoms with van der Waals surface area (Å²) in [5.74, 6) is -0.360. The first-order chi connectivity index (χ1) is 15.9. The zero-order valence-corrected chi connectivity index (χ0v) is 19.3. The first-order valence-corrected chi connectivity index (χ1v) is 10.6. The van der Waals surface area contributed by atoms with Crippen LogP contribution in [0.5, 0.6) is 0 Å². The molecular weight excluding hydrogens is 419 g/mol. The van der Waals surface area contributed by atoms with E-state index in [2.05, 4.69) is 22.3 Å². The molecule has 0 aliphatic carbocycles. The molecule has 2 heterocycles. The molecule has 178 valence electrons. The van der Waals surface area contributed by atoms with Crippen LogP contribution in [-0.2, 0) is 0 Å². The summed E-state index contributed by atoms with van der Waals surface area (Å²) in [6, 6.07) is 11.2. The predicted molar refractivity (Wildman–Crippen MR) is 139 cm³/mol. The lowest BCUT2D eigenvalue weighted by Gasteiger charge is -2.04. The number of allylic oxidation sites excluding steroid dienone is 1. The van der Waals surface area contributed by atoms with Crippen molar-refractivity contribution in [3.05, 3.63) is 72.8 Å². The molecule has 0 spiro atoms. The van der Waals surface area contributed by atoms with Crippen molar-refractivity contribution in [3.8, 4) is 5.69 Å². The number of nitrogen functional groups attached to an aromatic ring is 4. The van der Waals surface area contributed by atoms with Crippen molar-refractivity contribution < 1.29 is 4.39 Å². The molecular formula is C24H35FN8. The van der Waals surface area contributed by atoms with Crippen molar-refractivity contribution in [2.24, 2.45) is 4.99 Å². The van der Waals surface area contributed by atoms with Gasteiger partial charge in [0.1, 0.15) is 5.82 Å². The fourth-order valence-corrected chi connectivity index (χ4v) is 2.33. The van der Waals surface area contributed by atoms with Crippen LogP contribution in [0.4, 0.5) is 27.1 Å². The molecule has 0 saturated carbocycles. The monoisotopic (exact) mass is 454 g/mol. The molecule has 0 atom stereocenters. The number of nitrogens with zero attached hydrogens (tertiary/aromatic N) is 3. The summed E-state index contributed by atoms with van der Waals surface area (Å²) in [6.07, 6.45) is 11.9. The Morgan fingerprint density at radius 3 is 2.09 bits per heavy atom. The van der Waals surface area contributed by atoms with E-state index in [0.717, 1.165) is 18.8 Å². The van der Waals surface area contributed by atoms with Gasteiger partial charge in [0.25, 0.3) is 0 Å². The lowest BCUT2D eigenvalue weighted by Crippen LogP contribution is -2.06. The van der Waals surface area contributed by atoms with E-state index in [9.17, 15) is 4.39 Å². The highest BCUT2D eigenvalue weighted by atomic mass is 19.1. The Morgan fingerprint density at radius 2 is 1.70 bits per heavy atom. The SMILES string of the molecule is C1=CCN=C1.CCCCNC.Nc1ccc(-n2cccn2)cc1N.Nc1ccc(F)cc1N. The van der Waals surface area contributed by atoms with Crippen molar-refractivity contribution >= 4 is 29.0 Å². The number of rotatable bonds is 4. The largest absolute Gasteiger partial charge is 0.397 e. The Morgan fingerprint density at radius 1 is 1.00 bits per heavy atom. The Labute approximate surface area is 195 Å². The zero-order chi connectivity index (χ0) is 24.5. The fraction of sp³-hybridized carbons (Fsp3) is 0.250. The molecule has 1 aromatic heterocycles. The number of halogens is 1. The minimum atomic E-state index is -0.360. The van der Waals surface area contributed by atoms with Gasteiger partial charge in [0.15, 0.2) is 0 Å². The summed E-state index contributed by atoms with van der Waals surface area (Å²) in [5, 5.41) is 7.15. The zero-order valence-electron chi connectivity index (χ0n) is 19.3. The highest BCUT2D eigenvalue weighted by molar-refractivity contribution is 5.73. The maximum Gasteiger partial charge on any atom is 0.125 e. The number of unbranched alkanes of at least 4 members (excludes halogenated alkanes) is 1. The maximum atomic E-state index is 12.2. The predicted octanol–water partition coefficient (Wildman–Crippen LogP) is 3.66. The van der Waals surface area contributed by atoms with E-state index in [4.69, 9.17) is 22.9 Å². The number of nitrogens with two attached hydrogens (primary N) is 4. The first-order valence-electron chi connectivity index (χ1n) is 10.6. The topological polar surface area (TPSA) is 146 Å². The summed E-state index contributed by atoms with van der Waals surface area (Å²) in [6.45, 7) is 4.24. The standard InChI is InChI=1S/C9H10N4.C6H7FN2.C5H13N.C4H5N/c10-8-3-2-7(6-9(8)11)13-5-1-4-12-13;7-4-1-2-5(8)6(9)3-4;1-3-4-5-6-2;1-2-4-5-3-1/h1-6H,10-11H2;1-3H,8-9H2;6H,3-5H2,1-2H3;1-3H,4H2. The number of aromatic nitrogens is 2. The Balaban J connectivity index is 0.000000237. The highest BCUT2D eigenvalue weighted by Gasteiger charge is 1.98. The van der Waals surface area contributed by atoms with Gasteiger partial charge in [0, 0.05) is 18.6 Å². The van der Waals surface area contributed by atoms with Crippen LogP contribution in [0.3, 0.4) is 0 Å². The number of benzene rings is 2. The molecule has 8 nitrogen and oxygen atoms in total. The summed E-state index contributed by atoms with van der Waals surface area (Å²) < 4.78 is 13.9. The van der Waals surface area contributed by atoms with Gasteiger partial charge in [-0.1, -0.05) is 19.4 Å². The lowest BCUT2D eigenvalue weighted by atomic mass is 10.2. The molecule has 1 aliphatic rings.